The SMILES string of the molecule is C=C(C)C(=O)OCCCC[N+](C)(C)C.[F-]. The molecule has 0 saturated heterocycles. The van der Waals surface area contributed by atoms with Crippen molar-refractivity contribution < 1.29 is 18.7 Å². The van der Waals surface area contributed by atoms with Gasteiger partial charge in [0.05, 0.1) is 34.3 Å². The number of quaternary nitrogens is 1. The minimum absolute atomic E-state index is 0. The van der Waals surface area contributed by atoms with Crippen molar-refractivity contribution in [3.05, 3.63) is 12.2 Å². The second-order valence-corrected chi connectivity index (χ2v) is 4.64. The highest BCUT2D eigenvalue weighted by atomic mass is 19.0. The predicted molar refractivity (Wildman–Crippen MR) is 57.9 cm³/mol. The highest BCUT2D eigenvalue weighted by Crippen LogP contribution is 1.99. The Morgan fingerprint density at radius 3 is 2.20 bits per heavy atom. The molecule has 15 heavy (non-hydrogen) atoms. The van der Waals surface area contributed by atoms with E-state index < -0.39 is 0 Å². The third kappa shape index (κ3) is 11.0. The van der Waals surface area contributed by atoms with Crippen LogP contribution in [-0.4, -0.2) is 44.7 Å². The van der Waals surface area contributed by atoms with Crippen LogP contribution in [0.5, 0.6) is 0 Å². The second-order valence-electron chi connectivity index (χ2n) is 4.64. The van der Waals surface area contributed by atoms with E-state index in [4.69, 9.17) is 4.74 Å². The Balaban J connectivity index is 0. The van der Waals surface area contributed by atoms with Gasteiger partial charge in [-0.3, -0.25) is 0 Å². The van der Waals surface area contributed by atoms with Gasteiger partial charge in [0.25, 0.3) is 0 Å². The molecule has 3 nitrogen and oxygen atoms in total. The van der Waals surface area contributed by atoms with Crippen molar-refractivity contribution in [2.24, 2.45) is 0 Å². The Kier molecular flexibility index (Phi) is 8.15. The molecule has 0 unspecified atom stereocenters. The first kappa shape index (κ1) is 16.5. The summed E-state index contributed by atoms with van der Waals surface area (Å²) in [5.74, 6) is -0.282. The van der Waals surface area contributed by atoms with Crippen molar-refractivity contribution in [1.29, 1.82) is 0 Å². The molecule has 0 aliphatic carbocycles. The second kappa shape index (κ2) is 7.40. The molecule has 0 N–H and O–H groups in total. The number of unbranched alkanes of at least 4 members (excludes halogenated alkanes) is 1. The monoisotopic (exact) mass is 219 g/mol. The molecule has 0 saturated carbocycles. The Morgan fingerprint density at radius 2 is 1.80 bits per heavy atom. The maximum atomic E-state index is 11.0. The van der Waals surface area contributed by atoms with E-state index in [9.17, 15) is 4.79 Å². The minimum Gasteiger partial charge on any atom is -1.00 e. The van der Waals surface area contributed by atoms with Gasteiger partial charge in [-0.25, -0.2) is 4.79 Å². The number of halogens is 1. The zero-order valence-electron chi connectivity index (χ0n) is 10.2. The molecule has 0 aromatic carbocycles. The lowest BCUT2D eigenvalue weighted by molar-refractivity contribution is -0.870. The lowest BCUT2D eigenvalue weighted by Gasteiger charge is -2.23. The highest BCUT2D eigenvalue weighted by molar-refractivity contribution is 5.86. The summed E-state index contributed by atoms with van der Waals surface area (Å²) in [6, 6.07) is 0. The first-order chi connectivity index (χ1) is 6.33. The molecule has 0 fully saturated rings. The largest absolute Gasteiger partial charge is 1.00 e. The average molecular weight is 219 g/mol. The highest BCUT2D eigenvalue weighted by Gasteiger charge is 2.06. The van der Waals surface area contributed by atoms with Gasteiger partial charge in [0.1, 0.15) is 0 Å². The maximum absolute atomic E-state index is 11.0. The van der Waals surface area contributed by atoms with Crippen LogP contribution in [0.15, 0.2) is 12.2 Å². The topological polar surface area (TPSA) is 26.3 Å². The molecule has 0 spiro atoms. The number of carbonyl (C=O) groups is 1. The first-order valence-corrected chi connectivity index (χ1v) is 4.96. The Hall–Kier alpha value is -0.900. The number of hydrogen-bond donors (Lipinski definition) is 0. The molecule has 0 bridgehead atoms. The third-order valence-corrected chi connectivity index (χ3v) is 1.80. The number of rotatable bonds is 6. The Labute approximate surface area is 91.7 Å². The van der Waals surface area contributed by atoms with E-state index in [0.717, 1.165) is 23.9 Å². The van der Waals surface area contributed by atoms with Gasteiger partial charge in [0, 0.05) is 5.57 Å². The number of carbonyl (C=O) groups excluding carboxylic acids is 1. The summed E-state index contributed by atoms with van der Waals surface area (Å²) < 4.78 is 5.93. The smallest absolute Gasteiger partial charge is 0.333 e. The molecule has 0 aromatic rings. The van der Waals surface area contributed by atoms with Gasteiger partial charge < -0.3 is 13.9 Å². The van der Waals surface area contributed by atoms with Crippen LogP contribution in [0.4, 0.5) is 0 Å². The summed E-state index contributed by atoms with van der Waals surface area (Å²) in [5.41, 5.74) is 0.469. The maximum Gasteiger partial charge on any atom is 0.333 e. The first-order valence-electron chi connectivity index (χ1n) is 4.96. The van der Waals surface area contributed by atoms with E-state index in [1.807, 2.05) is 0 Å². The van der Waals surface area contributed by atoms with Gasteiger partial charge in [0.15, 0.2) is 0 Å². The van der Waals surface area contributed by atoms with E-state index in [-0.39, 0.29) is 10.7 Å². The van der Waals surface area contributed by atoms with E-state index >= 15 is 0 Å². The molecule has 0 amide bonds. The average Bonchev–Trinajstić information content (AvgIpc) is 2.01. The molecule has 0 aliphatic rings. The van der Waals surface area contributed by atoms with E-state index in [1.54, 1.807) is 6.92 Å². The fourth-order valence-corrected chi connectivity index (χ4v) is 0.976. The van der Waals surface area contributed by atoms with Gasteiger partial charge in [-0.15, -0.1) is 0 Å². The molecule has 0 aromatic heterocycles. The van der Waals surface area contributed by atoms with Gasteiger partial charge >= 0.3 is 5.97 Å². The summed E-state index contributed by atoms with van der Waals surface area (Å²) in [6.07, 6.45) is 2.00. The summed E-state index contributed by atoms with van der Waals surface area (Å²) in [5, 5.41) is 0. The number of nitrogens with zero attached hydrogens (tertiary/aromatic N) is 1. The van der Waals surface area contributed by atoms with Crippen molar-refractivity contribution in [2.75, 3.05) is 34.3 Å². The van der Waals surface area contributed by atoms with Gasteiger partial charge in [-0.05, 0) is 19.8 Å². The lowest BCUT2D eigenvalue weighted by Crippen LogP contribution is -3.00. The van der Waals surface area contributed by atoms with Crippen molar-refractivity contribution in [3.63, 3.8) is 0 Å². The third-order valence-electron chi connectivity index (χ3n) is 1.80. The quantitative estimate of drug-likeness (QED) is 0.238. The van der Waals surface area contributed by atoms with E-state index in [2.05, 4.69) is 27.7 Å². The van der Waals surface area contributed by atoms with Crippen LogP contribution in [0.25, 0.3) is 0 Å². The van der Waals surface area contributed by atoms with Gasteiger partial charge in [-0.1, -0.05) is 6.58 Å². The number of esters is 1. The molecule has 0 heterocycles. The van der Waals surface area contributed by atoms with Crippen molar-refractivity contribution >= 4 is 5.97 Å². The molecular weight excluding hydrogens is 197 g/mol. The van der Waals surface area contributed by atoms with Crippen LogP contribution in [0.2, 0.25) is 0 Å². The minimum atomic E-state index is -0.282. The van der Waals surface area contributed by atoms with E-state index in [0.29, 0.717) is 12.2 Å². The molecule has 0 atom stereocenters. The van der Waals surface area contributed by atoms with Gasteiger partial charge in [-0.2, -0.15) is 0 Å². The summed E-state index contributed by atoms with van der Waals surface area (Å²) in [4.78, 5) is 11.0. The van der Waals surface area contributed by atoms with Crippen LogP contribution in [0, 0.1) is 0 Å². The zero-order chi connectivity index (χ0) is 11.2. The zero-order valence-corrected chi connectivity index (χ0v) is 10.2. The van der Waals surface area contributed by atoms with Crippen LogP contribution in [0.1, 0.15) is 19.8 Å². The van der Waals surface area contributed by atoms with Crippen molar-refractivity contribution in [3.8, 4) is 0 Å². The van der Waals surface area contributed by atoms with Crippen LogP contribution in [-0.2, 0) is 9.53 Å². The molecule has 0 rings (SSSR count). The van der Waals surface area contributed by atoms with Crippen LogP contribution >= 0.6 is 0 Å². The standard InChI is InChI=1S/C11H22NO2.FH/c1-10(2)11(13)14-9-7-6-8-12(3,4)5;/h1,6-9H2,2-5H3;1H/q+1;/p-1. The van der Waals surface area contributed by atoms with Crippen LogP contribution in [0.3, 0.4) is 0 Å². The van der Waals surface area contributed by atoms with Gasteiger partial charge in [0.2, 0.25) is 0 Å². The van der Waals surface area contributed by atoms with Crippen LogP contribution < -0.4 is 4.70 Å². The molecule has 0 radical (unpaired) electrons. The molecule has 4 heteroatoms. The van der Waals surface area contributed by atoms with E-state index in [1.165, 1.54) is 0 Å². The molecule has 0 aliphatic heterocycles. The Morgan fingerprint density at radius 1 is 1.27 bits per heavy atom. The van der Waals surface area contributed by atoms with Crippen molar-refractivity contribution in [1.82, 2.24) is 0 Å². The normalized spacial score (nSPS) is 10.4. The summed E-state index contributed by atoms with van der Waals surface area (Å²) >= 11 is 0. The molecule has 90 valence electrons. The van der Waals surface area contributed by atoms with Crippen molar-refractivity contribution in [2.45, 2.75) is 19.8 Å². The number of ether oxygens (including phenoxy) is 1. The summed E-state index contributed by atoms with van der Waals surface area (Å²) in [6.45, 7) is 6.78. The Bertz CT molecular complexity index is 209. The lowest BCUT2D eigenvalue weighted by atomic mass is 10.3. The number of hydrogen-bond acceptors (Lipinski definition) is 2. The predicted octanol–water partition coefficient (Wildman–Crippen LogP) is -1.40. The molecular formula is C11H22FNO2. The summed E-state index contributed by atoms with van der Waals surface area (Å²) in [7, 11) is 6.46. The fraction of sp³-hybridized carbons (Fsp3) is 0.727. The fourth-order valence-electron chi connectivity index (χ4n) is 0.976.